The molecule has 0 aliphatic heterocycles. The number of rotatable bonds is 5. The van der Waals surface area contributed by atoms with E-state index in [1.54, 1.807) is 13.2 Å². The molecular formula is C9H16O2. The van der Waals surface area contributed by atoms with E-state index in [0.717, 1.165) is 18.4 Å². The quantitative estimate of drug-likeness (QED) is 0.611. The van der Waals surface area contributed by atoms with Gasteiger partial charge in [-0.05, 0) is 18.1 Å². The molecule has 0 spiro atoms. The fourth-order valence-corrected chi connectivity index (χ4v) is 0.852. The lowest BCUT2D eigenvalue weighted by Crippen LogP contribution is -1.92. The monoisotopic (exact) mass is 156 g/mol. The Morgan fingerprint density at radius 1 is 1.64 bits per heavy atom. The molecule has 0 fully saturated rings. The van der Waals surface area contributed by atoms with Crippen LogP contribution in [0.4, 0.5) is 0 Å². The number of aliphatic hydroxyl groups is 1. The van der Waals surface area contributed by atoms with Crippen LogP contribution in [0, 0.1) is 0 Å². The van der Waals surface area contributed by atoms with Crippen LogP contribution in [0.1, 0.15) is 19.8 Å². The molecule has 2 heteroatoms. The second-order valence-electron chi connectivity index (χ2n) is 2.32. The van der Waals surface area contributed by atoms with E-state index >= 15 is 0 Å². The Kier molecular flexibility index (Phi) is 7.16. The maximum absolute atomic E-state index is 8.48. The summed E-state index contributed by atoms with van der Waals surface area (Å²) in [7, 11) is 1.66. The molecule has 0 aliphatic rings. The van der Waals surface area contributed by atoms with Gasteiger partial charge in [-0.15, -0.1) is 5.73 Å². The smallest absolute Gasteiger partial charge is 0.0746 e. The van der Waals surface area contributed by atoms with E-state index < -0.39 is 0 Å². The van der Waals surface area contributed by atoms with E-state index in [4.69, 9.17) is 9.84 Å². The van der Waals surface area contributed by atoms with Crippen LogP contribution < -0.4 is 0 Å². The standard InChI is InChI=1S/C9H16O2/c1-3-5-9(8-11-2)6-4-7-10/h4,10H,3,5,7-8H2,1-2H3. The second-order valence-corrected chi connectivity index (χ2v) is 2.32. The molecule has 0 aliphatic carbocycles. The van der Waals surface area contributed by atoms with Crippen molar-refractivity contribution in [3.05, 3.63) is 17.4 Å². The van der Waals surface area contributed by atoms with Crippen molar-refractivity contribution in [2.45, 2.75) is 19.8 Å². The van der Waals surface area contributed by atoms with Crippen LogP contribution in [0.3, 0.4) is 0 Å². The first-order valence-electron chi connectivity index (χ1n) is 3.87. The summed E-state index contributed by atoms with van der Waals surface area (Å²) >= 11 is 0. The van der Waals surface area contributed by atoms with Crippen molar-refractivity contribution in [2.24, 2.45) is 0 Å². The first-order chi connectivity index (χ1) is 5.35. The zero-order chi connectivity index (χ0) is 8.53. The molecule has 0 aromatic heterocycles. The van der Waals surface area contributed by atoms with Crippen molar-refractivity contribution < 1.29 is 9.84 Å². The van der Waals surface area contributed by atoms with Crippen LogP contribution in [0.25, 0.3) is 0 Å². The Morgan fingerprint density at radius 3 is 2.82 bits per heavy atom. The minimum atomic E-state index is 0.0525. The van der Waals surface area contributed by atoms with Crippen LogP contribution in [0.15, 0.2) is 17.4 Å². The fourth-order valence-electron chi connectivity index (χ4n) is 0.852. The van der Waals surface area contributed by atoms with Crippen LogP contribution in [0.2, 0.25) is 0 Å². The molecule has 0 unspecified atom stereocenters. The van der Waals surface area contributed by atoms with Crippen LogP contribution in [0.5, 0.6) is 0 Å². The highest BCUT2D eigenvalue weighted by Crippen LogP contribution is 2.02. The molecule has 0 saturated carbocycles. The highest BCUT2D eigenvalue weighted by Gasteiger charge is 1.91. The normalized spacial score (nSPS) is 9.00. The van der Waals surface area contributed by atoms with Crippen LogP contribution in [-0.2, 0) is 4.74 Å². The lowest BCUT2D eigenvalue weighted by Gasteiger charge is -1.99. The molecule has 0 aromatic carbocycles. The van der Waals surface area contributed by atoms with Crippen molar-refractivity contribution in [1.82, 2.24) is 0 Å². The van der Waals surface area contributed by atoms with Crippen molar-refractivity contribution in [3.8, 4) is 0 Å². The largest absolute Gasteiger partial charge is 0.392 e. The van der Waals surface area contributed by atoms with E-state index in [1.807, 2.05) is 0 Å². The Bertz CT molecular complexity index is 136. The molecular weight excluding hydrogens is 140 g/mol. The van der Waals surface area contributed by atoms with Crippen molar-refractivity contribution in [2.75, 3.05) is 20.3 Å². The average Bonchev–Trinajstić information content (AvgIpc) is 2.01. The van der Waals surface area contributed by atoms with Gasteiger partial charge in [0, 0.05) is 7.11 Å². The van der Waals surface area contributed by atoms with Gasteiger partial charge in [0.2, 0.25) is 0 Å². The van der Waals surface area contributed by atoms with Crippen LogP contribution in [-0.4, -0.2) is 25.4 Å². The van der Waals surface area contributed by atoms with E-state index in [2.05, 4.69) is 12.7 Å². The number of methoxy groups -OCH3 is 1. The fraction of sp³-hybridized carbons (Fsp3) is 0.667. The topological polar surface area (TPSA) is 29.5 Å². The predicted octanol–water partition coefficient (Wildman–Crippen LogP) is 1.51. The van der Waals surface area contributed by atoms with Gasteiger partial charge in [-0.2, -0.15) is 0 Å². The summed E-state index contributed by atoms with van der Waals surface area (Å²) in [4.78, 5) is 0. The number of hydrogen-bond donors (Lipinski definition) is 1. The Morgan fingerprint density at radius 2 is 2.36 bits per heavy atom. The molecule has 0 amide bonds. The minimum absolute atomic E-state index is 0.0525. The molecule has 0 heterocycles. The predicted molar refractivity (Wildman–Crippen MR) is 45.5 cm³/mol. The van der Waals surface area contributed by atoms with E-state index in [0.29, 0.717) is 6.61 Å². The summed E-state index contributed by atoms with van der Waals surface area (Å²) < 4.78 is 4.95. The first-order valence-corrected chi connectivity index (χ1v) is 3.87. The Labute approximate surface area is 68.2 Å². The Hall–Kier alpha value is -0.560. The molecule has 64 valence electrons. The van der Waals surface area contributed by atoms with Gasteiger partial charge < -0.3 is 9.84 Å². The summed E-state index contributed by atoms with van der Waals surface area (Å²) in [5.74, 6) is 0. The molecule has 0 radical (unpaired) electrons. The average molecular weight is 156 g/mol. The molecule has 2 nitrogen and oxygen atoms in total. The SMILES string of the molecule is CCCC(=C=CCO)COC. The lowest BCUT2D eigenvalue weighted by atomic mass is 10.2. The van der Waals surface area contributed by atoms with E-state index in [1.165, 1.54) is 0 Å². The number of hydrogen-bond acceptors (Lipinski definition) is 2. The van der Waals surface area contributed by atoms with Gasteiger partial charge >= 0.3 is 0 Å². The number of ether oxygens (including phenoxy) is 1. The van der Waals surface area contributed by atoms with Crippen molar-refractivity contribution in [3.63, 3.8) is 0 Å². The molecule has 0 aromatic rings. The molecule has 0 atom stereocenters. The highest BCUT2D eigenvalue weighted by atomic mass is 16.5. The second kappa shape index (κ2) is 7.55. The summed E-state index contributed by atoms with van der Waals surface area (Å²) in [6, 6.07) is 0. The zero-order valence-electron chi connectivity index (χ0n) is 7.26. The maximum Gasteiger partial charge on any atom is 0.0746 e. The first kappa shape index (κ1) is 10.4. The summed E-state index contributed by atoms with van der Waals surface area (Å²) in [6.07, 6.45) is 3.69. The van der Waals surface area contributed by atoms with Gasteiger partial charge in [0.1, 0.15) is 0 Å². The highest BCUT2D eigenvalue weighted by molar-refractivity contribution is 5.02. The molecule has 0 bridgehead atoms. The third-order valence-electron chi connectivity index (χ3n) is 1.27. The minimum Gasteiger partial charge on any atom is -0.392 e. The van der Waals surface area contributed by atoms with Crippen LogP contribution >= 0.6 is 0 Å². The van der Waals surface area contributed by atoms with Gasteiger partial charge in [-0.25, -0.2) is 0 Å². The number of aliphatic hydroxyl groups excluding tert-OH is 1. The molecule has 11 heavy (non-hydrogen) atoms. The maximum atomic E-state index is 8.48. The Balaban J connectivity index is 3.96. The molecule has 0 rings (SSSR count). The van der Waals surface area contributed by atoms with Gasteiger partial charge in [0.15, 0.2) is 0 Å². The third kappa shape index (κ3) is 5.86. The van der Waals surface area contributed by atoms with Gasteiger partial charge in [0.25, 0.3) is 0 Å². The molecule has 1 N–H and O–H groups in total. The van der Waals surface area contributed by atoms with E-state index in [9.17, 15) is 0 Å². The summed E-state index contributed by atoms with van der Waals surface area (Å²) in [6.45, 7) is 2.78. The third-order valence-corrected chi connectivity index (χ3v) is 1.27. The van der Waals surface area contributed by atoms with E-state index in [-0.39, 0.29) is 6.61 Å². The van der Waals surface area contributed by atoms with Crippen molar-refractivity contribution >= 4 is 0 Å². The summed E-state index contributed by atoms with van der Waals surface area (Å²) in [5.41, 5.74) is 4.10. The van der Waals surface area contributed by atoms with Crippen molar-refractivity contribution in [1.29, 1.82) is 0 Å². The van der Waals surface area contributed by atoms with Gasteiger partial charge in [-0.1, -0.05) is 13.3 Å². The molecule has 0 saturated heterocycles. The summed E-state index contributed by atoms with van der Waals surface area (Å²) in [5, 5.41) is 8.48. The van der Waals surface area contributed by atoms with Gasteiger partial charge in [-0.3, -0.25) is 0 Å². The van der Waals surface area contributed by atoms with Gasteiger partial charge in [0.05, 0.1) is 13.2 Å². The zero-order valence-corrected chi connectivity index (χ0v) is 7.26. The lowest BCUT2D eigenvalue weighted by molar-refractivity contribution is 0.223.